The molecule has 3 aromatic rings. The number of carbonyl (C=O) groups is 4. The van der Waals surface area contributed by atoms with Crippen molar-refractivity contribution < 1.29 is 33.4 Å². The Kier molecular flexibility index (Phi) is 7.96. The molecular formula is C29H24N6O7. The van der Waals surface area contributed by atoms with E-state index in [2.05, 4.69) is 26.3 Å². The first-order valence-electron chi connectivity index (χ1n) is 12.7. The number of pyridine rings is 1. The number of amides is 4. The van der Waals surface area contributed by atoms with Crippen LogP contribution in [0.5, 0.6) is 11.5 Å². The van der Waals surface area contributed by atoms with Crippen molar-refractivity contribution in [2.24, 2.45) is 0 Å². The van der Waals surface area contributed by atoms with Gasteiger partial charge in [0.2, 0.25) is 5.91 Å². The van der Waals surface area contributed by atoms with Crippen LogP contribution in [-0.2, 0) is 25.7 Å². The third-order valence-corrected chi connectivity index (χ3v) is 6.13. The number of nitrogens with zero attached hydrogens (tertiary/aromatic N) is 2. The fourth-order valence-electron chi connectivity index (χ4n) is 4.31. The molecule has 0 bridgehead atoms. The monoisotopic (exact) mass is 568 g/mol. The van der Waals surface area contributed by atoms with Crippen molar-refractivity contribution in [1.29, 1.82) is 5.26 Å². The number of ether oxygens (including phenoxy) is 3. The highest BCUT2D eigenvalue weighted by Crippen LogP contribution is 2.32. The molecule has 4 N–H and O–H groups in total. The number of rotatable bonds is 8. The minimum Gasteiger partial charge on any atom is -0.487 e. The van der Waals surface area contributed by atoms with Crippen molar-refractivity contribution in [3.8, 4) is 17.6 Å². The highest BCUT2D eigenvalue weighted by molar-refractivity contribution is 5.96. The molecule has 0 spiro atoms. The van der Waals surface area contributed by atoms with Crippen LogP contribution < -0.4 is 30.7 Å². The van der Waals surface area contributed by atoms with Crippen LogP contribution >= 0.6 is 0 Å². The quantitative estimate of drug-likeness (QED) is 0.297. The van der Waals surface area contributed by atoms with E-state index >= 15 is 0 Å². The van der Waals surface area contributed by atoms with Crippen LogP contribution in [0.1, 0.15) is 29.8 Å². The number of benzene rings is 2. The van der Waals surface area contributed by atoms with Gasteiger partial charge in [0.1, 0.15) is 25.0 Å². The summed E-state index contributed by atoms with van der Waals surface area (Å²) in [6.07, 6.45) is 0. The fraction of sp³-hybridized carbons (Fsp3) is 0.172. The molecule has 0 saturated carbocycles. The Morgan fingerprint density at radius 1 is 1.10 bits per heavy atom. The largest absolute Gasteiger partial charge is 0.487 e. The summed E-state index contributed by atoms with van der Waals surface area (Å²) in [5, 5.41) is 19.8. The lowest BCUT2D eigenvalue weighted by atomic mass is 9.98. The number of carbonyl (C=O) groups excluding carboxylic acids is 4. The normalized spacial score (nSPS) is 15.6. The molecule has 2 aliphatic heterocycles. The number of fused-ring (bicyclic) bond motifs is 1. The van der Waals surface area contributed by atoms with E-state index in [0.29, 0.717) is 28.3 Å². The zero-order valence-corrected chi connectivity index (χ0v) is 22.2. The molecule has 212 valence electrons. The Balaban J connectivity index is 1.47. The fourth-order valence-corrected chi connectivity index (χ4v) is 4.31. The van der Waals surface area contributed by atoms with Crippen molar-refractivity contribution >= 4 is 35.3 Å². The van der Waals surface area contributed by atoms with E-state index in [0.717, 1.165) is 0 Å². The van der Waals surface area contributed by atoms with E-state index in [9.17, 15) is 24.4 Å². The second kappa shape index (κ2) is 12.1. The molecule has 42 heavy (non-hydrogen) atoms. The van der Waals surface area contributed by atoms with E-state index in [4.69, 9.17) is 14.2 Å². The Hall–Kier alpha value is -5.90. The lowest BCUT2D eigenvalue weighted by molar-refractivity contribution is -0.141. The molecular weight excluding hydrogens is 544 g/mol. The van der Waals surface area contributed by atoms with Gasteiger partial charge < -0.3 is 35.5 Å². The second-order valence-electron chi connectivity index (χ2n) is 9.23. The molecule has 4 amide bonds. The van der Waals surface area contributed by atoms with E-state index in [1.54, 1.807) is 60.7 Å². The maximum absolute atomic E-state index is 13.6. The predicted molar refractivity (Wildman–Crippen MR) is 147 cm³/mol. The summed E-state index contributed by atoms with van der Waals surface area (Å²) >= 11 is 0. The van der Waals surface area contributed by atoms with Gasteiger partial charge in [-0.15, -0.1) is 0 Å². The summed E-state index contributed by atoms with van der Waals surface area (Å²) < 4.78 is 16.9. The number of esters is 1. The van der Waals surface area contributed by atoms with Crippen molar-refractivity contribution in [2.45, 2.75) is 19.6 Å². The number of hydrogen-bond acceptors (Lipinski definition) is 9. The standard InChI is InChI=1S/C29H24N6O7/c1-16(36)31-19-6-3-7-20(11-19)40-14-22-25(28(38)42-13-18-5-2-4-17(10-18)12-30)26(35-29(39)33-22)21-8-9-23-27(32-21)34-24(37)15-41-23/h2-11,26H,13-15H2,1H3,(H,31,36)(H,32,34,37)(H2,33,35,39). The average Bonchev–Trinajstić information content (AvgIpc) is 2.98. The zero-order chi connectivity index (χ0) is 29.6. The van der Waals surface area contributed by atoms with Crippen LogP contribution in [0.4, 0.5) is 16.3 Å². The molecule has 0 fully saturated rings. The number of nitriles is 1. The summed E-state index contributed by atoms with van der Waals surface area (Å²) in [4.78, 5) is 54.1. The van der Waals surface area contributed by atoms with E-state index in [1.807, 2.05) is 6.07 Å². The minimum absolute atomic E-state index is 0.0135. The molecule has 2 aromatic carbocycles. The molecule has 1 unspecified atom stereocenters. The lowest BCUT2D eigenvalue weighted by Crippen LogP contribution is -2.47. The maximum Gasteiger partial charge on any atom is 0.338 e. The number of anilines is 2. The smallest absolute Gasteiger partial charge is 0.338 e. The van der Waals surface area contributed by atoms with Gasteiger partial charge >= 0.3 is 12.0 Å². The Bertz CT molecular complexity index is 1660. The van der Waals surface area contributed by atoms with Crippen LogP contribution in [0.25, 0.3) is 0 Å². The molecule has 5 rings (SSSR count). The van der Waals surface area contributed by atoms with Gasteiger partial charge in [-0.1, -0.05) is 18.2 Å². The summed E-state index contributed by atoms with van der Waals surface area (Å²) in [6.45, 7) is 0.830. The van der Waals surface area contributed by atoms with Gasteiger partial charge in [-0.3, -0.25) is 9.59 Å². The number of nitrogens with one attached hydrogen (secondary N) is 4. The molecule has 2 aliphatic rings. The van der Waals surface area contributed by atoms with Gasteiger partial charge in [-0.25, -0.2) is 14.6 Å². The average molecular weight is 569 g/mol. The number of hydrogen-bond donors (Lipinski definition) is 4. The van der Waals surface area contributed by atoms with Gasteiger partial charge in [0.15, 0.2) is 18.2 Å². The van der Waals surface area contributed by atoms with Gasteiger partial charge in [0.05, 0.1) is 28.6 Å². The van der Waals surface area contributed by atoms with Crippen molar-refractivity contribution in [3.05, 3.63) is 88.8 Å². The summed E-state index contributed by atoms with van der Waals surface area (Å²) in [6, 6.07) is 16.7. The van der Waals surface area contributed by atoms with Gasteiger partial charge in [-0.05, 0) is 42.0 Å². The molecule has 13 heteroatoms. The first kappa shape index (κ1) is 27.7. The summed E-state index contributed by atoms with van der Waals surface area (Å²) in [5.41, 5.74) is 1.86. The van der Waals surface area contributed by atoms with Gasteiger partial charge in [0.25, 0.3) is 5.91 Å². The molecule has 13 nitrogen and oxygen atoms in total. The molecule has 1 atom stereocenters. The minimum atomic E-state index is -1.08. The van der Waals surface area contributed by atoms with E-state index < -0.39 is 23.9 Å². The van der Waals surface area contributed by atoms with Crippen molar-refractivity contribution in [2.75, 3.05) is 23.8 Å². The lowest BCUT2D eigenvalue weighted by Gasteiger charge is -2.29. The topological polar surface area (TPSA) is 181 Å². The van der Waals surface area contributed by atoms with Crippen LogP contribution in [0.2, 0.25) is 0 Å². The molecule has 0 radical (unpaired) electrons. The zero-order valence-electron chi connectivity index (χ0n) is 22.2. The third kappa shape index (κ3) is 6.45. The second-order valence-corrected chi connectivity index (χ2v) is 9.23. The molecule has 3 heterocycles. The Morgan fingerprint density at radius 2 is 1.93 bits per heavy atom. The predicted octanol–water partition coefficient (Wildman–Crippen LogP) is 2.67. The van der Waals surface area contributed by atoms with Crippen molar-refractivity contribution in [3.63, 3.8) is 0 Å². The van der Waals surface area contributed by atoms with Crippen molar-refractivity contribution in [1.82, 2.24) is 15.6 Å². The van der Waals surface area contributed by atoms with Gasteiger partial charge in [-0.2, -0.15) is 5.26 Å². The first-order chi connectivity index (χ1) is 20.3. The first-order valence-corrected chi connectivity index (χ1v) is 12.7. The Labute approximate surface area is 239 Å². The summed E-state index contributed by atoms with van der Waals surface area (Å²) in [7, 11) is 0. The molecule has 0 aliphatic carbocycles. The number of aromatic nitrogens is 1. The summed E-state index contributed by atoms with van der Waals surface area (Å²) in [5.74, 6) is -0.581. The number of urea groups is 1. The molecule has 1 aromatic heterocycles. The Morgan fingerprint density at radius 3 is 2.74 bits per heavy atom. The van der Waals surface area contributed by atoms with Gasteiger partial charge in [0, 0.05) is 18.7 Å². The highest BCUT2D eigenvalue weighted by Gasteiger charge is 2.36. The van der Waals surface area contributed by atoms with Crippen LogP contribution in [-0.4, -0.2) is 42.0 Å². The molecule has 0 saturated heterocycles. The van der Waals surface area contributed by atoms with Crippen LogP contribution in [0.3, 0.4) is 0 Å². The maximum atomic E-state index is 13.6. The van der Waals surface area contributed by atoms with Crippen LogP contribution in [0, 0.1) is 11.3 Å². The van der Waals surface area contributed by atoms with E-state index in [1.165, 1.54) is 6.92 Å². The highest BCUT2D eigenvalue weighted by atomic mass is 16.5. The third-order valence-electron chi connectivity index (χ3n) is 6.13. The SMILES string of the molecule is CC(=O)Nc1cccc(OCC2=C(C(=O)OCc3cccc(C#N)c3)C(c3ccc4c(n3)NC(=O)CO4)NC(=O)N2)c1. The van der Waals surface area contributed by atoms with Crippen LogP contribution in [0.15, 0.2) is 71.9 Å². The van der Waals surface area contributed by atoms with E-state index in [-0.39, 0.29) is 48.5 Å².